The Morgan fingerprint density at radius 1 is 1.20 bits per heavy atom. The van der Waals surface area contributed by atoms with E-state index in [-0.39, 0.29) is 23.9 Å². The van der Waals surface area contributed by atoms with Gasteiger partial charge in [-0.15, -0.1) is 0 Å². The van der Waals surface area contributed by atoms with Gasteiger partial charge in [0.05, 0.1) is 24.5 Å². The Bertz CT molecular complexity index is 1070. The zero-order valence-electron chi connectivity index (χ0n) is 16.0. The van der Waals surface area contributed by atoms with E-state index in [2.05, 4.69) is 20.1 Å². The first-order valence-electron chi connectivity index (χ1n) is 9.20. The number of fused-ring (bicyclic) bond motifs is 1. The van der Waals surface area contributed by atoms with Gasteiger partial charge >= 0.3 is 6.61 Å². The van der Waals surface area contributed by atoms with Crippen LogP contribution in [-0.4, -0.2) is 33.8 Å². The number of carbonyl (C=O) groups is 1. The number of nitrogens with zero attached hydrogens (tertiary/aromatic N) is 4. The number of halogens is 3. The van der Waals surface area contributed by atoms with Crippen LogP contribution in [0.1, 0.15) is 21.7 Å². The van der Waals surface area contributed by atoms with Crippen LogP contribution >= 0.6 is 0 Å². The summed E-state index contributed by atoms with van der Waals surface area (Å²) in [4.78, 5) is 18.7. The number of aryl methyl sites for hydroxylation is 1. The maximum absolute atomic E-state index is 14.1. The lowest BCUT2D eigenvalue weighted by molar-refractivity contribution is -0.0499. The van der Waals surface area contributed by atoms with Gasteiger partial charge in [-0.1, -0.05) is 6.07 Å². The van der Waals surface area contributed by atoms with Crippen LogP contribution in [0.2, 0.25) is 0 Å². The molecule has 30 heavy (non-hydrogen) atoms. The van der Waals surface area contributed by atoms with Crippen molar-refractivity contribution in [1.82, 2.24) is 14.8 Å². The Labute approximate surface area is 170 Å². The summed E-state index contributed by atoms with van der Waals surface area (Å²) in [6, 6.07) is 8.75. The molecule has 0 saturated carbocycles. The van der Waals surface area contributed by atoms with Gasteiger partial charge < -0.3 is 10.1 Å². The van der Waals surface area contributed by atoms with Crippen molar-refractivity contribution in [2.45, 2.75) is 26.6 Å². The van der Waals surface area contributed by atoms with Gasteiger partial charge in [-0.05, 0) is 36.8 Å². The molecule has 2 aromatic heterocycles. The zero-order valence-corrected chi connectivity index (χ0v) is 16.0. The summed E-state index contributed by atoms with van der Waals surface area (Å²) in [5.74, 6) is -0.632. The molecule has 0 unspecified atom stereocenters. The number of nitrogens with one attached hydrogen (secondary N) is 1. The lowest BCUT2D eigenvalue weighted by Gasteiger charge is -2.26. The number of hydrogen-bond acceptors (Lipinski definition) is 5. The predicted octanol–water partition coefficient (Wildman–Crippen LogP) is 3.60. The number of rotatable bonds is 6. The molecule has 7 nitrogen and oxygen atoms in total. The molecular formula is C20H18F3N5O2. The zero-order chi connectivity index (χ0) is 21.3. The number of benzene rings is 1. The van der Waals surface area contributed by atoms with Crippen LogP contribution in [-0.2, 0) is 13.1 Å². The second-order valence-electron chi connectivity index (χ2n) is 6.77. The van der Waals surface area contributed by atoms with E-state index >= 15 is 0 Å². The first-order valence-corrected chi connectivity index (χ1v) is 9.20. The van der Waals surface area contributed by atoms with Crippen LogP contribution in [0.3, 0.4) is 0 Å². The second-order valence-corrected chi connectivity index (χ2v) is 6.77. The van der Waals surface area contributed by atoms with E-state index in [0.29, 0.717) is 30.3 Å². The van der Waals surface area contributed by atoms with Gasteiger partial charge in [0.25, 0.3) is 5.91 Å². The molecule has 4 rings (SSSR count). The number of hydrogen-bond donors (Lipinski definition) is 1. The molecule has 3 aromatic rings. The highest BCUT2D eigenvalue weighted by molar-refractivity contribution is 6.05. The Morgan fingerprint density at radius 2 is 2.03 bits per heavy atom. The van der Waals surface area contributed by atoms with Gasteiger partial charge in [0.2, 0.25) is 0 Å². The number of ether oxygens (including phenoxy) is 1. The van der Waals surface area contributed by atoms with Crippen molar-refractivity contribution >= 4 is 17.4 Å². The van der Waals surface area contributed by atoms with Gasteiger partial charge in [-0.25, -0.2) is 9.37 Å². The van der Waals surface area contributed by atoms with E-state index in [4.69, 9.17) is 0 Å². The Morgan fingerprint density at radius 3 is 2.73 bits per heavy atom. The van der Waals surface area contributed by atoms with Crippen molar-refractivity contribution in [3.05, 3.63) is 65.4 Å². The number of anilines is 2. The molecule has 1 N–H and O–H groups in total. The summed E-state index contributed by atoms with van der Waals surface area (Å²) >= 11 is 0. The average molecular weight is 417 g/mol. The number of amides is 1. The summed E-state index contributed by atoms with van der Waals surface area (Å²) in [5, 5.41) is 7.24. The summed E-state index contributed by atoms with van der Waals surface area (Å²) in [6.45, 7) is 0.00152. The molecule has 0 spiro atoms. The van der Waals surface area contributed by atoms with Gasteiger partial charge in [-0.2, -0.15) is 13.9 Å². The largest absolute Gasteiger partial charge is 0.435 e. The van der Waals surface area contributed by atoms with Crippen molar-refractivity contribution in [3.8, 4) is 5.75 Å². The van der Waals surface area contributed by atoms with Crippen LogP contribution in [0.5, 0.6) is 5.75 Å². The topological polar surface area (TPSA) is 72.3 Å². The average Bonchev–Trinajstić information content (AvgIpc) is 3.12. The molecule has 0 aliphatic carbocycles. The SMILES string of the molecule is Cc1ccc(N2CCn3nc(CNc4ccc(OC(F)F)cc4F)cc3C2=O)nc1. The molecule has 1 aromatic carbocycles. The van der Waals surface area contributed by atoms with E-state index in [9.17, 15) is 18.0 Å². The van der Waals surface area contributed by atoms with E-state index in [1.807, 2.05) is 13.0 Å². The molecule has 156 valence electrons. The highest BCUT2D eigenvalue weighted by Crippen LogP contribution is 2.24. The first kappa shape index (κ1) is 19.7. The van der Waals surface area contributed by atoms with E-state index < -0.39 is 12.4 Å². The highest BCUT2D eigenvalue weighted by Gasteiger charge is 2.28. The fourth-order valence-electron chi connectivity index (χ4n) is 3.17. The molecule has 0 radical (unpaired) electrons. The van der Waals surface area contributed by atoms with E-state index in [0.717, 1.165) is 11.6 Å². The van der Waals surface area contributed by atoms with E-state index in [1.54, 1.807) is 27.9 Å². The lowest BCUT2D eigenvalue weighted by Crippen LogP contribution is -2.40. The van der Waals surface area contributed by atoms with Crippen molar-refractivity contribution in [1.29, 1.82) is 0 Å². The molecule has 0 saturated heterocycles. The van der Waals surface area contributed by atoms with Gasteiger partial charge in [-0.3, -0.25) is 14.4 Å². The summed E-state index contributed by atoms with van der Waals surface area (Å²) in [5.41, 5.74) is 2.08. The minimum atomic E-state index is -3.02. The molecule has 0 bridgehead atoms. The fraction of sp³-hybridized carbons (Fsp3) is 0.250. The quantitative estimate of drug-likeness (QED) is 0.664. The van der Waals surface area contributed by atoms with Crippen molar-refractivity contribution in [2.24, 2.45) is 0 Å². The number of aromatic nitrogens is 3. The molecule has 10 heteroatoms. The van der Waals surface area contributed by atoms with Crippen molar-refractivity contribution < 1.29 is 22.7 Å². The summed E-state index contributed by atoms with van der Waals surface area (Å²) in [6.07, 6.45) is 1.70. The third kappa shape index (κ3) is 4.07. The van der Waals surface area contributed by atoms with Crippen LogP contribution in [0.4, 0.5) is 24.7 Å². The summed E-state index contributed by atoms with van der Waals surface area (Å²) in [7, 11) is 0. The standard InChI is InChI=1S/C20H18F3N5O2/c1-12-2-5-18(25-10-12)27-6-7-28-17(19(27)29)8-13(26-28)11-24-16-4-3-14(9-15(16)21)30-20(22)23/h2-5,8-10,20,24H,6-7,11H2,1H3. The van der Waals surface area contributed by atoms with Crippen molar-refractivity contribution in [3.63, 3.8) is 0 Å². The monoisotopic (exact) mass is 417 g/mol. The van der Waals surface area contributed by atoms with Gasteiger partial charge in [0.15, 0.2) is 0 Å². The Kier molecular flexibility index (Phi) is 5.30. The third-order valence-corrected chi connectivity index (χ3v) is 4.63. The molecule has 3 heterocycles. The smallest absolute Gasteiger partial charge is 0.387 e. The van der Waals surface area contributed by atoms with Crippen LogP contribution in [0.25, 0.3) is 0 Å². The highest BCUT2D eigenvalue weighted by atomic mass is 19.3. The molecule has 0 atom stereocenters. The molecule has 1 aliphatic heterocycles. The van der Waals surface area contributed by atoms with Gasteiger partial charge in [0, 0.05) is 18.8 Å². The normalized spacial score (nSPS) is 13.5. The molecule has 1 amide bonds. The number of alkyl halides is 2. The maximum atomic E-state index is 14.1. The third-order valence-electron chi connectivity index (χ3n) is 4.63. The molecular weight excluding hydrogens is 399 g/mol. The summed E-state index contributed by atoms with van der Waals surface area (Å²) < 4.78 is 44.3. The minimum absolute atomic E-state index is 0.111. The maximum Gasteiger partial charge on any atom is 0.387 e. The minimum Gasteiger partial charge on any atom is -0.435 e. The molecule has 1 aliphatic rings. The Balaban J connectivity index is 1.45. The van der Waals surface area contributed by atoms with E-state index in [1.165, 1.54) is 12.1 Å². The molecule has 0 fully saturated rings. The Hall–Kier alpha value is -3.56. The fourth-order valence-corrected chi connectivity index (χ4v) is 3.17. The van der Waals surface area contributed by atoms with Crippen LogP contribution in [0, 0.1) is 12.7 Å². The van der Waals surface area contributed by atoms with Crippen LogP contribution < -0.4 is 15.0 Å². The number of pyridine rings is 1. The van der Waals surface area contributed by atoms with Crippen molar-refractivity contribution in [2.75, 3.05) is 16.8 Å². The number of carbonyl (C=O) groups excluding carboxylic acids is 1. The van der Waals surface area contributed by atoms with Crippen LogP contribution in [0.15, 0.2) is 42.6 Å². The van der Waals surface area contributed by atoms with Gasteiger partial charge in [0.1, 0.15) is 23.1 Å². The second kappa shape index (κ2) is 8.05. The lowest BCUT2D eigenvalue weighted by atomic mass is 10.2. The first-order chi connectivity index (χ1) is 14.4. The predicted molar refractivity (Wildman–Crippen MR) is 103 cm³/mol.